The monoisotopic (exact) mass is 530 g/mol. The van der Waals surface area contributed by atoms with Crippen molar-refractivity contribution in [2.45, 2.75) is 66.0 Å². The lowest BCUT2D eigenvalue weighted by Crippen LogP contribution is -2.49. The number of amides is 2. The van der Waals surface area contributed by atoms with E-state index in [0.29, 0.717) is 17.9 Å². The van der Waals surface area contributed by atoms with Crippen LogP contribution in [0.5, 0.6) is 11.5 Å². The number of piperidine rings is 1. The third kappa shape index (κ3) is 6.69. The Hall–Kier alpha value is -4.07. The van der Waals surface area contributed by atoms with Gasteiger partial charge in [0.05, 0.1) is 12.8 Å². The molecule has 0 bridgehead atoms. The molecule has 1 saturated heterocycles. The summed E-state index contributed by atoms with van der Waals surface area (Å²) in [5, 5.41) is 4.17. The number of hydrogen-bond donors (Lipinski definition) is 1. The number of aryl methyl sites for hydroxylation is 1. The Bertz CT molecular complexity index is 1300. The molecule has 39 heavy (non-hydrogen) atoms. The summed E-state index contributed by atoms with van der Waals surface area (Å²) in [6, 6.07) is 17.1. The van der Waals surface area contributed by atoms with Gasteiger partial charge in [0.25, 0.3) is 11.8 Å². The average molecular weight is 531 g/mol. The molecular formula is C31H38N4O4. The lowest BCUT2D eigenvalue weighted by molar-refractivity contribution is -0.139. The summed E-state index contributed by atoms with van der Waals surface area (Å²) in [5.74, 6) is 1.04. The first-order chi connectivity index (χ1) is 18.8. The Morgan fingerprint density at radius 3 is 2.23 bits per heavy atom. The fourth-order valence-electron chi connectivity index (χ4n) is 5.23. The number of nitrogens with one attached hydrogen (secondary N) is 1. The molecule has 1 N–H and O–H groups in total. The fourth-order valence-corrected chi connectivity index (χ4v) is 5.23. The minimum absolute atomic E-state index is 0.00672. The van der Waals surface area contributed by atoms with Crippen LogP contribution in [-0.2, 0) is 4.79 Å². The first-order valence-corrected chi connectivity index (χ1v) is 13.6. The van der Waals surface area contributed by atoms with Gasteiger partial charge in [-0.25, -0.2) is 5.43 Å². The van der Waals surface area contributed by atoms with Crippen LogP contribution in [-0.4, -0.2) is 52.8 Å². The molecule has 0 saturated carbocycles. The fraction of sp³-hybridized carbons (Fsp3) is 0.387. The van der Waals surface area contributed by atoms with Crippen LogP contribution in [0.4, 0.5) is 0 Å². The molecule has 1 fully saturated rings. The number of carbonyl (C=O) groups excluding carboxylic acids is 2. The molecule has 0 aliphatic carbocycles. The Labute approximate surface area is 230 Å². The predicted octanol–water partition coefficient (Wildman–Crippen LogP) is 5.43. The van der Waals surface area contributed by atoms with E-state index in [9.17, 15) is 9.59 Å². The van der Waals surface area contributed by atoms with E-state index in [4.69, 9.17) is 9.47 Å². The van der Waals surface area contributed by atoms with Gasteiger partial charge >= 0.3 is 0 Å². The minimum atomic E-state index is -0.329. The third-order valence-electron chi connectivity index (χ3n) is 7.21. The maximum Gasteiger partial charge on any atom is 0.271 e. The molecule has 1 aromatic heterocycles. The summed E-state index contributed by atoms with van der Waals surface area (Å²) in [6.45, 7) is 10.8. The first-order valence-electron chi connectivity index (χ1n) is 13.6. The van der Waals surface area contributed by atoms with Gasteiger partial charge in [-0.15, -0.1) is 0 Å². The minimum Gasteiger partial charge on any atom is -0.494 e. The highest BCUT2D eigenvalue weighted by Gasteiger charge is 2.29. The zero-order valence-corrected chi connectivity index (χ0v) is 23.4. The van der Waals surface area contributed by atoms with E-state index in [1.165, 1.54) is 0 Å². The highest BCUT2D eigenvalue weighted by atomic mass is 16.5. The van der Waals surface area contributed by atoms with Gasteiger partial charge in [-0.2, -0.15) is 5.10 Å². The normalized spacial score (nSPS) is 17.3. The topological polar surface area (TPSA) is 85.2 Å². The number of ether oxygens (including phenoxy) is 2. The molecule has 8 nitrogen and oxygen atoms in total. The van der Waals surface area contributed by atoms with Gasteiger partial charge < -0.3 is 18.9 Å². The van der Waals surface area contributed by atoms with Gasteiger partial charge in [0.15, 0.2) is 6.61 Å². The van der Waals surface area contributed by atoms with Gasteiger partial charge in [0, 0.05) is 40.3 Å². The molecule has 0 spiro atoms. The molecule has 2 amide bonds. The van der Waals surface area contributed by atoms with E-state index in [-0.39, 0.29) is 30.5 Å². The number of rotatable bonds is 9. The van der Waals surface area contributed by atoms with Gasteiger partial charge in [-0.3, -0.25) is 9.59 Å². The maximum absolute atomic E-state index is 12.7. The molecule has 0 radical (unpaired) electrons. The molecule has 4 rings (SSSR count). The van der Waals surface area contributed by atoms with Gasteiger partial charge in [0.2, 0.25) is 0 Å². The third-order valence-corrected chi connectivity index (χ3v) is 7.21. The van der Waals surface area contributed by atoms with Gasteiger partial charge in [0.1, 0.15) is 11.5 Å². The molecule has 1 aliphatic heterocycles. The van der Waals surface area contributed by atoms with Gasteiger partial charge in [-0.05, 0) is 108 Å². The van der Waals surface area contributed by atoms with Crippen molar-refractivity contribution in [1.29, 1.82) is 0 Å². The van der Waals surface area contributed by atoms with Crippen molar-refractivity contribution in [2.24, 2.45) is 5.10 Å². The van der Waals surface area contributed by atoms with Crippen LogP contribution in [0.2, 0.25) is 0 Å². The van der Waals surface area contributed by atoms with E-state index in [1.54, 1.807) is 30.5 Å². The smallest absolute Gasteiger partial charge is 0.271 e. The summed E-state index contributed by atoms with van der Waals surface area (Å²) < 4.78 is 13.4. The number of benzene rings is 2. The number of hydrazone groups is 1. The standard InChI is InChI=1S/C31H38N4O4/c1-6-38-28-16-12-27(13-17-28)35-23(4)18-26(24(35)5)19-32-33-31(37)25-10-14-29(15-11-25)39-20-30(36)34-21(2)8-7-9-22(34)3/h10-19,21-22H,6-9,20H2,1-5H3,(H,33,37)/b32-19-/t21-,22+. The molecule has 206 valence electrons. The van der Waals surface area contributed by atoms with Crippen LogP contribution in [0.3, 0.4) is 0 Å². The van der Waals surface area contributed by atoms with Crippen LogP contribution < -0.4 is 14.9 Å². The second kappa shape index (κ2) is 12.7. The van der Waals surface area contributed by atoms with E-state index >= 15 is 0 Å². The highest BCUT2D eigenvalue weighted by molar-refractivity contribution is 5.95. The Balaban J connectivity index is 1.32. The van der Waals surface area contributed by atoms with E-state index in [0.717, 1.165) is 47.7 Å². The number of hydrogen-bond acceptors (Lipinski definition) is 5. The lowest BCUT2D eigenvalue weighted by Gasteiger charge is -2.38. The SMILES string of the molecule is CCOc1ccc(-n2c(C)cc(/C=N\NC(=O)c3ccc(OCC(=O)N4[C@H](C)CCC[C@@H]4C)cc3)c2C)cc1. The Kier molecular flexibility index (Phi) is 9.07. The van der Waals surface area contributed by atoms with Crippen LogP contribution in [0.1, 0.15) is 67.3 Å². The second-order valence-corrected chi connectivity index (χ2v) is 10.0. The van der Waals surface area contributed by atoms with Gasteiger partial charge in [-0.1, -0.05) is 0 Å². The average Bonchev–Trinajstić information content (AvgIpc) is 3.20. The van der Waals surface area contributed by atoms with Crippen LogP contribution in [0.15, 0.2) is 59.7 Å². The lowest BCUT2D eigenvalue weighted by atomic mass is 9.97. The number of nitrogens with zero attached hydrogens (tertiary/aromatic N) is 3. The van der Waals surface area contributed by atoms with Crippen molar-refractivity contribution in [3.63, 3.8) is 0 Å². The van der Waals surface area contributed by atoms with Crippen molar-refractivity contribution >= 4 is 18.0 Å². The molecule has 0 unspecified atom stereocenters. The highest BCUT2D eigenvalue weighted by Crippen LogP contribution is 2.24. The van der Waals surface area contributed by atoms with Crippen LogP contribution in [0, 0.1) is 13.8 Å². The Morgan fingerprint density at radius 1 is 0.974 bits per heavy atom. The van der Waals surface area contributed by atoms with Crippen molar-refractivity contribution in [1.82, 2.24) is 14.9 Å². The summed E-state index contributed by atoms with van der Waals surface area (Å²) in [4.78, 5) is 27.2. The molecule has 1 aliphatic rings. The zero-order valence-electron chi connectivity index (χ0n) is 23.4. The number of likely N-dealkylation sites (tertiary alicyclic amines) is 1. The molecular weight excluding hydrogens is 492 g/mol. The first kappa shape index (κ1) is 28.0. The van der Waals surface area contributed by atoms with E-state index < -0.39 is 0 Å². The molecule has 2 aromatic carbocycles. The van der Waals surface area contributed by atoms with E-state index in [2.05, 4.69) is 28.9 Å². The summed E-state index contributed by atoms with van der Waals surface area (Å²) >= 11 is 0. The largest absolute Gasteiger partial charge is 0.494 e. The molecule has 3 aromatic rings. The van der Waals surface area contributed by atoms with Crippen molar-refractivity contribution in [2.75, 3.05) is 13.2 Å². The van der Waals surface area contributed by atoms with E-state index in [1.807, 2.05) is 56.0 Å². The number of aromatic nitrogens is 1. The quantitative estimate of drug-likeness (QED) is 0.296. The summed E-state index contributed by atoms with van der Waals surface area (Å²) in [7, 11) is 0. The number of carbonyl (C=O) groups is 2. The zero-order chi connectivity index (χ0) is 27.9. The van der Waals surface area contributed by atoms with Crippen molar-refractivity contribution < 1.29 is 19.1 Å². The summed E-state index contributed by atoms with van der Waals surface area (Å²) in [5.41, 5.74) is 7.05. The Morgan fingerprint density at radius 2 is 1.59 bits per heavy atom. The predicted molar refractivity (Wildman–Crippen MR) is 153 cm³/mol. The molecule has 2 atom stereocenters. The maximum atomic E-state index is 12.7. The molecule has 8 heteroatoms. The van der Waals surface area contributed by atoms with Crippen LogP contribution in [0.25, 0.3) is 5.69 Å². The van der Waals surface area contributed by atoms with Crippen LogP contribution >= 0.6 is 0 Å². The van der Waals surface area contributed by atoms with Crippen molar-refractivity contribution in [3.8, 4) is 17.2 Å². The second-order valence-electron chi connectivity index (χ2n) is 10.0. The molecule has 2 heterocycles. The van der Waals surface area contributed by atoms with Crippen molar-refractivity contribution in [3.05, 3.63) is 77.1 Å². The summed E-state index contributed by atoms with van der Waals surface area (Å²) in [6.07, 6.45) is 4.85.